The van der Waals surface area contributed by atoms with E-state index in [9.17, 15) is 9.59 Å². The van der Waals surface area contributed by atoms with Gasteiger partial charge in [-0.15, -0.1) is 0 Å². The lowest BCUT2D eigenvalue weighted by molar-refractivity contribution is -0.132. The second kappa shape index (κ2) is 7.28. The number of halogens is 1. The minimum Gasteiger partial charge on any atom is -0.368 e. The first-order chi connectivity index (χ1) is 10.1. The molecule has 1 saturated heterocycles. The molecule has 1 aliphatic rings. The van der Waals surface area contributed by atoms with Crippen LogP contribution in [0.1, 0.15) is 0 Å². The van der Waals surface area contributed by atoms with Crippen molar-refractivity contribution in [3.8, 4) is 0 Å². The van der Waals surface area contributed by atoms with Gasteiger partial charge in [0.25, 0.3) is 0 Å². The van der Waals surface area contributed by atoms with E-state index in [1.807, 2.05) is 24.3 Å². The van der Waals surface area contributed by atoms with E-state index in [2.05, 4.69) is 10.2 Å². The van der Waals surface area contributed by atoms with E-state index >= 15 is 0 Å². The first-order valence-electron chi connectivity index (χ1n) is 6.85. The summed E-state index contributed by atoms with van der Waals surface area (Å²) in [5.41, 5.74) is 6.24. The van der Waals surface area contributed by atoms with Gasteiger partial charge in [0.15, 0.2) is 0 Å². The molecule has 0 spiro atoms. The number of carbonyl (C=O) groups is 2. The van der Waals surface area contributed by atoms with Crippen molar-refractivity contribution in [2.24, 2.45) is 5.73 Å². The van der Waals surface area contributed by atoms with Crippen molar-refractivity contribution in [1.29, 1.82) is 0 Å². The normalized spacial score (nSPS) is 15.0. The van der Waals surface area contributed by atoms with Crippen LogP contribution in [0, 0.1) is 0 Å². The van der Waals surface area contributed by atoms with Crippen LogP contribution in [0.3, 0.4) is 0 Å². The maximum atomic E-state index is 11.9. The van der Waals surface area contributed by atoms with Crippen molar-refractivity contribution in [2.45, 2.75) is 0 Å². The number of nitrogens with two attached hydrogens (primary N) is 1. The van der Waals surface area contributed by atoms with Gasteiger partial charge < -0.3 is 20.9 Å². The number of carbonyl (C=O) groups excluding carboxylic acids is 2. The molecule has 6 nitrogen and oxygen atoms in total. The van der Waals surface area contributed by atoms with E-state index in [0.717, 1.165) is 18.8 Å². The van der Waals surface area contributed by atoms with Crippen LogP contribution < -0.4 is 16.0 Å². The van der Waals surface area contributed by atoms with Crippen molar-refractivity contribution in [3.63, 3.8) is 0 Å². The van der Waals surface area contributed by atoms with Crippen molar-refractivity contribution in [2.75, 3.05) is 44.2 Å². The Hall–Kier alpha value is -1.79. The number of nitrogens with one attached hydrogen (secondary N) is 1. The molecule has 2 amide bonds. The summed E-state index contributed by atoms with van der Waals surface area (Å²) in [7, 11) is 0. The Kier molecular flexibility index (Phi) is 5.41. The molecular formula is C14H19ClN4O2. The fourth-order valence-electron chi connectivity index (χ4n) is 2.25. The molecule has 114 valence electrons. The van der Waals surface area contributed by atoms with Gasteiger partial charge >= 0.3 is 0 Å². The second-order valence-electron chi connectivity index (χ2n) is 4.83. The van der Waals surface area contributed by atoms with Gasteiger partial charge in [-0.25, -0.2) is 0 Å². The molecule has 0 radical (unpaired) electrons. The molecule has 0 atom stereocenters. The minimum atomic E-state index is -0.319. The molecule has 0 aliphatic carbocycles. The third-order valence-electron chi connectivity index (χ3n) is 3.43. The number of hydrogen-bond donors (Lipinski definition) is 2. The molecule has 1 fully saturated rings. The summed E-state index contributed by atoms with van der Waals surface area (Å²) < 4.78 is 0. The Morgan fingerprint density at radius 1 is 1.24 bits per heavy atom. The quantitative estimate of drug-likeness (QED) is 0.824. The van der Waals surface area contributed by atoms with Crippen LogP contribution in [0.15, 0.2) is 24.3 Å². The smallest absolute Gasteiger partial charge is 0.242 e. The van der Waals surface area contributed by atoms with Crippen molar-refractivity contribution >= 4 is 29.1 Å². The van der Waals surface area contributed by atoms with Gasteiger partial charge in [-0.3, -0.25) is 9.59 Å². The maximum absolute atomic E-state index is 11.9. The van der Waals surface area contributed by atoms with Gasteiger partial charge in [-0.2, -0.15) is 0 Å². The highest BCUT2D eigenvalue weighted by Crippen LogP contribution is 2.20. The third-order valence-corrected chi connectivity index (χ3v) is 3.66. The minimum absolute atomic E-state index is 0.00714. The summed E-state index contributed by atoms with van der Waals surface area (Å²) in [6, 6.07) is 7.67. The standard InChI is InChI=1S/C14H19ClN4O2/c15-11-2-1-3-12(8-11)18-4-6-19(7-5-18)14(21)10-17-13(20)9-16/h1-3,8H,4-7,9-10,16H2,(H,17,20). The average Bonchev–Trinajstić information content (AvgIpc) is 2.52. The highest BCUT2D eigenvalue weighted by molar-refractivity contribution is 6.30. The largest absolute Gasteiger partial charge is 0.368 e. The van der Waals surface area contributed by atoms with Gasteiger partial charge in [0.2, 0.25) is 11.8 Å². The van der Waals surface area contributed by atoms with Crippen LogP contribution in [0.2, 0.25) is 5.02 Å². The van der Waals surface area contributed by atoms with Crippen LogP contribution in [-0.4, -0.2) is 56.0 Å². The van der Waals surface area contributed by atoms with E-state index in [0.29, 0.717) is 18.1 Å². The third kappa shape index (κ3) is 4.34. The fraction of sp³-hybridized carbons (Fsp3) is 0.429. The Morgan fingerprint density at radius 3 is 2.57 bits per heavy atom. The summed E-state index contributed by atoms with van der Waals surface area (Å²) in [5.74, 6) is -0.400. The molecule has 0 bridgehead atoms. The Labute approximate surface area is 128 Å². The Balaban J connectivity index is 1.83. The molecular weight excluding hydrogens is 292 g/mol. The number of nitrogens with zero attached hydrogens (tertiary/aromatic N) is 2. The SMILES string of the molecule is NCC(=O)NCC(=O)N1CCN(c2cccc(Cl)c2)CC1. The van der Waals surface area contributed by atoms with Gasteiger partial charge in [-0.1, -0.05) is 17.7 Å². The molecule has 1 aliphatic heterocycles. The zero-order chi connectivity index (χ0) is 15.2. The molecule has 2 rings (SSSR count). The monoisotopic (exact) mass is 310 g/mol. The topological polar surface area (TPSA) is 78.7 Å². The maximum Gasteiger partial charge on any atom is 0.242 e. The van der Waals surface area contributed by atoms with E-state index in [1.165, 1.54) is 0 Å². The Morgan fingerprint density at radius 2 is 1.95 bits per heavy atom. The molecule has 1 aromatic rings. The van der Waals surface area contributed by atoms with Crippen molar-refractivity contribution < 1.29 is 9.59 Å². The summed E-state index contributed by atoms with van der Waals surface area (Å²) in [6.45, 7) is 2.66. The van der Waals surface area contributed by atoms with Crippen LogP contribution in [0.5, 0.6) is 0 Å². The number of amides is 2. The van der Waals surface area contributed by atoms with Crippen molar-refractivity contribution in [3.05, 3.63) is 29.3 Å². The van der Waals surface area contributed by atoms with E-state index in [1.54, 1.807) is 4.90 Å². The molecule has 0 unspecified atom stereocenters. The van der Waals surface area contributed by atoms with Gasteiger partial charge in [0.05, 0.1) is 13.1 Å². The van der Waals surface area contributed by atoms with E-state index < -0.39 is 0 Å². The zero-order valence-corrected chi connectivity index (χ0v) is 12.5. The predicted molar refractivity (Wildman–Crippen MR) is 82.3 cm³/mol. The molecule has 0 saturated carbocycles. The zero-order valence-electron chi connectivity index (χ0n) is 11.7. The molecule has 1 aromatic carbocycles. The lowest BCUT2D eigenvalue weighted by Crippen LogP contribution is -2.51. The number of piperazine rings is 1. The highest BCUT2D eigenvalue weighted by Gasteiger charge is 2.21. The van der Waals surface area contributed by atoms with Crippen LogP contribution >= 0.6 is 11.6 Å². The first kappa shape index (κ1) is 15.6. The number of rotatable bonds is 4. The van der Waals surface area contributed by atoms with Gasteiger partial charge in [0, 0.05) is 36.9 Å². The summed E-state index contributed by atoms with van der Waals surface area (Å²) >= 11 is 5.99. The number of benzene rings is 1. The molecule has 3 N–H and O–H groups in total. The lowest BCUT2D eigenvalue weighted by atomic mass is 10.2. The van der Waals surface area contributed by atoms with Crippen molar-refractivity contribution in [1.82, 2.24) is 10.2 Å². The van der Waals surface area contributed by atoms with Crippen LogP contribution in [0.25, 0.3) is 0 Å². The molecule has 7 heteroatoms. The summed E-state index contributed by atoms with van der Waals surface area (Å²) in [4.78, 5) is 26.9. The van der Waals surface area contributed by atoms with Gasteiger partial charge in [-0.05, 0) is 18.2 Å². The summed E-state index contributed by atoms with van der Waals surface area (Å²) in [5, 5.41) is 3.20. The lowest BCUT2D eigenvalue weighted by Gasteiger charge is -2.36. The predicted octanol–water partition coefficient (Wildman–Crippen LogP) is 0.0635. The second-order valence-corrected chi connectivity index (χ2v) is 5.26. The first-order valence-corrected chi connectivity index (χ1v) is 7.23. The highest BCUT2D eigenvalue weighted by atomic mass is 35.5. The molecule has 1 heterocycles. The van der Waals surface area contributed by atoms with Crippen LogP contribution in [-0.2, 0) is 9.59 Å². The fourth-order valence-corrected chi connectivity index (χ4v) is 2.43. The number of hydrogen-bond acceptors (Lipinski definition) is 4. The molecule has 21 heavy (non-hydrogen) atoms. The van der Waals surface area contributed by atoms with Crippen LogP contribution in [0.4, 0.5) is 5.69 Å². The van der Waals surface area contributed by atoms with Gasteiger partial charge in [0.1, 0.15) is 0 Å². The number of anilines is 1. The Bertz CT molecular complexity index is 515. The summed E-state index contributed by atoms with van der Waals surface area (Å²) in [6.07, 6.45) is 0. The van der Waals surface area contributed by atoms with E-state index in [4.69, 9.17) is 17.3 Å². The van der Waals surface area contributed by atoms with E-state index in [-0.39, 0.29) is 24.9 Å². The average molecular weight is 311 g/mol. The molecule has 0 aromatic heterocycles.